The van der Waals surface area contributed by atoms with Crippen LogP contribution in [0.2, 0.25) is 0 Å². The fourth-order valence-electron chi connectivity index (χ4n) is 1.37. The van der Waals surface area contributed by atoms with Crippen LogP contribution < -0.4 is 10.6 Å². The number of carbonyl (C=O) groups is 1. The molecule has 0 saturated carbocycles. The molecular weight excluding hydrogens is 299 g/mol. The van der Waals surface area contributed by atoms with Crippen molar-refractivity contribution in [2.24, 2.45) is 5.92 Å². The Morgan fingerprint density at radius 1 is 1.39 bits per heavy atom. The van der Waals surface area contributed by atoms with E-state index in [9.17, 15) is 9.18 Å². The number of rotatable bonds is 6. The maximum Gasteiger partial charge on any atom is 0.222 e. The molecule has 0 saturated heterocycles. The molecule has 0 aliphatic carbocycles. The Bertz CT molecular complexity index is 410. The van der Waals surface area contributed by atoms with E-state index in [1.165, 1.54) is 6.07 Å². The van der Waals surface area contributed by atoms with Crippen LogP contribution in [0.4, 0.5) is 4.39 Å². The molecule has 0 aliphatic rings. The van der Waals surface area contributed by atoms with Gasteiger partial charge in [-0.25, -0.2) is 4.39 Å². The number of amides is 1. The van der Waals surface area contributed by atoms with Crippen LogP contribution >= 0.6 is 15.9 Å². The van der Waals surface area contributed by atoms with E-state index in [2.05, 4.69) is 26.6 Å². The second-order valence-corrected chi connectivity index (χ2v) is 5.27. The fraction of sp³-hybridized carbons (Fsp3) is 0.462. The van der Waals surface area contributed by atoms with E-state index < -0.39 is 0 Å². The summed E-state index contributed by atoms with van der Waals surface area (Å²) in [5.74, 6) is -0.205. The quantitative estimate of drug-likeness (QED) is 0.791. The summed E-state index contributed by atoms with van der Waals surface area (Å²) in [6.45, 7) is 5.32. The van der Waals surface area contributed by atoms with Crippen molar-refractivity contribution in [3.05, 3.63) is 34.1 Å². The minimum absolute atomic E-state index is 0.00563. The standard InChI is InChI=1S/C13H18BrFN2O/c1-9(2)13(18)17-6-5-16-8-10-3-4-11(14)7-12(10)15/h3-4,7,9,16H,5-6,8H2,1-2H3,(H,17,18). The van der Waals surface area contributed by atoms with Crippen molar-refractivity contribution in [1.82, 2.24) is 10.6 Å². The predicted molar refractivity (Wildman–Crippen MR) is 73.7 cm³/mol. The molecule has 2 N–H and O–H groups in total. The summed E-state index contributed by atoms with van der Waals surface area (Å²) >= 11 is 3.21. The predicted octanol–water partition coefficient (Wildman–Crippen LogP) is 2.45. The van der Waals surface area contributed by atoms with Gasteiger partial charge in [0.1, 0.15) is 5.82 Å². The molecular formula is C13H18BrFN2O. The molecule has 1 rings (SSSR count). The van der Waals surface area contributed by atoms with Crippen molar-refractivity contribution in [1.29, 1.82) is 0 Å². The zero-order chi connectivity index (χ0) is 13.5. The summed E-state index contributed by atoms with van der Waals surface area (Å²) in [6.07, 6.45) is 0. The normalized spacial score (nSPS) is 10.7. The number of carbonyl (C=O) groups excluding carboxylic acids is 1. The van der Waals surface area contributed by atoms with E-state index in [1.54, 1.807) is 12.1 Å². The average molecular weight is 317 g/mol. The molecule has 0 unspecified atom stereocenters. The first kappa shape index (κ1) is 15.1. The average Bonchev–Trinajstić information content (AvgIpc) is 2.30. The van der Waals surface area contributed by atoms with E-state index in [-0.39, 0.29) is 17.6 Å². The van der Waals surface area contributed by atoms with Gasteiger partial charge in [-0.2, -0.15) is 0 Å². The second kappa shape index (κ2) is 7.48. The van der Waals surface area contributed by atoms with Crippen molar-refractivity contribution in [3.63, 3.8) is 0 Å². The summed E-state index contributed by atoms with van der Waals surface area (Å²) in [5.41, 5.74) is 0.619. The van der Waals surface area contributed by atoms with Gasteiger partial charge in [0, 0.05) is 35.6 Å². The van der Waals surface area contributed by atoms with Crippen molar-refractivity contribution < 1.29 is 9.18 Å². The zero-order valence-corrected chi connectivity index (χ0v) is 12.2. The largest absolute Gasteiger partial charge is 0.355 e. The van der Waals surface area contributed by atoms with Crippen LogP contribution in [0, 0.1) is 11.7 Å². The summed E-state index contributed by atoms with van der Waals surface area (Å²) in [7, 11) is 0. The minimum Gasteiger partial charge on any atom is -0.355 e. The summed E-state index contributed by atoms with van der Waals surface area (Å²) in [5, 5.41) is 5.88. The van der Waals surface area contributed by atoms with E-state index >= 15 is 0 Å². The van der Waals surface area contributed by atoms with Crippen LogP contribution in [0.1, 0.15) is 19.4 Å². The van der Waals surface area contributed by atoms with Crippen LogP contribution in [0.5, 0.6) is 0 Å². The molecule has 0 spiro atoms. The maximum absolute atomic E-state index is 13.5. The molecule has 0 radical (unpaired) electrons. The Morgan fingerprint density at radius 3 is 2.72 bits per heavy atom. The Hall–Kier alpha value is -0.940. The van der Waals surface area contributed by atoms with Crippen molar-refractivity contribution in [2.75, 3.05) is 13.1 Å². The molecule has 0 bridgehead atoms. The topological polar surface area (TPSA) is 41.1 Å². The number of halogens is 2. The monoisotopic (exact) mass is 316 g/mol. The van der Waals surface area contributed by atoms with E-state index in [4.69, 9.17) is 0 Å². The summed E-state index contributed by atoms with van der Waals surface area (Å²) < 4.78 is 14.2. The molecule has 0 aliphatic heterocycles. The summed E-state index contributed by atoms with van der Waals surface area (Å²) in [4.78, 5) is 11.3. The molecule has 1 aromatic rings. The molecule has 1 aromatic carbocycles. The Labute approximate surface area is 115 Å². The highest BCUT2D eigenvalue weighted by Crippen LogP contribution is 2.14. The van der Waals surface area contributed by atoms with Gasteiger partial charge < -0.3 is 10.6 Å². The van der Waals surface area contributed by atoms with E-state index in [1.807, 2.05) is 13.8 Å². The van der Waals surface area contributed by atoms with Gasteiger partial charge >= 0.3 is 0 Å². The van der Waals surface area contributed by atoms with E-state index in [0.29, 0.717) is 25.2 Å². The first-order valence-electron chi connectivity index (χ1n) is 5.93. The van der Waals surface area contributed by atoms with Crippen molar-refractivity contribution in [2.45, 2.75) is 20.4 Å². The van der Waals surface area contributed by atoms with Gasteiger partial charge in [0.05, 0.1) is 0 Å². The highest BCUT2D eigenvalue weighted by atomic mass is 79.9. The van der Waals surface area contributed by atoms with Gasteiger partial charge in [0.2, 0.25) is 5.91 Å². The summed E-state index contributed by atoms with van der Waals surface area (Å²) in [6, 6.07) is 4.98. The van der Waals surface area contributed by atoms with Crippen LogP contribution in [-0.2, 0) is 11.3 Å². The van der Waals surface area contributed by atoms with Gasteiger partial charge in [-0.15, -0.1) is 0 Å². The fourth-order valence-corrected chi connectivity index (χ4v) is 1.70. The lowest BCUT2D eigenvalue weighted by Crippen LogP contribution is -2.34. The molecule has 0 heterocycles. The Kier molecular flexibility index (Phi) is 6.29. The number of benzene rings is 1. The second-order valence-electron chi connectivity index (χ2n) is 4.36. The molecule has 0 atom stereocenters. The lowest BCUT2D eigenvalue weighted by Gasteiger charge is -2.09. The highest BCUT2D eigenvalue weighted by Gasteiger charge is 2.05. The third kappa shape index (κ3) is 5.14. The zero-order valence-electron chi connectivity index (χ0n) is 10.6. The Morgan fingerprint density at radius 2 is 2.11 bits per heavy atom. The molecule has 3 nitrogen and oxygen atoms in total. The SMILES string of the molecule is CC(C)C(=O)NCCNCc1ccc(Br)cc1F. The lowest BCUT2D eigenvalue weighted by molar-refractivity contribution is -0.123. The van der Waals surface area contributed by atoms with Gasteiger partial charge in [0.15, 0.2) is 0 Å². The van der Waals surface area contributed by atoms with Crippen molar-refractivity contribution >= 4 is 21.8 Å². The van der Waals surface area contributed by atoms with Crippen LogP contribution in [-0.4, -0.2) is 19.0 Å². The van der Waals surface area contributed by atoms with Gasteiger partial charge in [0.25, 0.3) is 0 Å². The van der Waals surface area contributed by atoms with Gasteiger partial charge in [-0.3, -0.25) is 4.79 Å². The maximum atomic E-state index is 13.5. The number of nitrogens with one attached hydrogen (secondary N) is 2. The minimum atomic E-state index is -0.233. The first-order valence-corrected chi connectivity index (χ1v) is 6.72. The van der Waals surface area contributed by atoms with Crippen molar-refractivity contribution in [3.8, 4) is 0 Å². The van der Waals surface area contributed by atoms with Gasteiger partial charge in [-0.1, -0.05) is 35.8 Å². The van der Waals surface area contributed by atoms with Crippen LogP contribution in [0.25, 0.3) is 0 Å². The van der Waals surface area contributed by atoms with Crippen LogP contribution in [0.3, 0.4) is 0 Å². The van der Waals surface area contributed by atoms with Gasteiger partial charge in [-0.05, 0) is 12.1 Å². The Balaban J connectivity index is 2.24. The highest BCUT2D eigenvalue weighted by molar-refractivity contribution is 9.10. The van der Waals surface area contributed by atoms with Crippen LogP contribution in [0.15, 0.2) is 22.7 Å². The molecule has 18 heavy (non-hydrogen) atoms. The number of hydrogen-bond donors (Lipinski definition) is 2. The molecule has 0 aromatic heterocycles. The van der Waals surface area contributed by atoms with E-state index in [0.717, 1.165) is 4.47 Å². The molecule has 5 heteroatoms. The number of hydrogen-bond acceptors (Lipinski definition) is 2. The molecule has 0 fully saturated rings. The third-order valence-electron chi connectivity index (χ3n) is 2.46. The molecule has 1 amide bonds. The third-order valence-corrected chi connectivity index (χ3v) is 2.95. The molecule has 100 valence electrons. The lowest BCUT2D eigenvalue weighted by atomic mass is 10.2. The smallest absolute Gasteiger partial charge is 0.222 e. The first-order chi connectivity index (χ1) is 8.50.